The zero-order chi connectivity index (χ0) is 17.2. The summed E-state index contributed by atoms with van der Waals surface area (Å²) in [6, 6.07) is 12.2. The van der Waals surface area contributed by atoms with Crippen LogP contribution in [-0.4, -0.2) is 31.9 Å². The molecule has 0 radical (unpaired) electrons. The number of rotatable bonds is 4. The predicted molar refractivity (Wildman–Crippen MR) is 96.7 cm³/mol. The molecule has 0 spiro atoms. The quantitative estimate of drug-likeness (QED) is 0.898. The highest BCUT2D eigenvalue weighted by molar-refractivity contribution is 5.88. The lowest BCUT2D eigenvalue weighted by Crippen LogP contribution is -2.59. The molecule has 1 aliphatic carbocycles. The summed E-state index contributed by atoms with van der Waals surface area (Å²) in [5.41, 5.74) is 1.00. The van der Waals surface area contributed by atoms with Crippen molar-refractivity contribution in [3.05, 3.63) is 42.0 Å². The SMILES string of the molecule is COc1ccc2ccccc2c1CNC(=O)N[C@@H]1C[C@@H]2OCCC[C@H]21. The lowest BCUT2D eigenvalue weighted by Gasteiger charge is -2.47. The number of ether oxygens (including phenoxy) is 2. The second-order valence-corrected chi connectivity index (χ2v) is 6.85. The Bertz CT molecular complexity index is 777. The van der Waals surface area contributed by atoms with Crippen molar-refractivity contribution < 1.29 is 14.3 Å². The molecule has 2 aromatic carbocycles. The number of hydrogen-bond donors (Lipinski definition) is 2. The average Bonchev–Trinajstić information content (AvgIpc) is 2.64. The van der Waals surface area contributed by atoms with E-state index in [0.29, 0.717) is 18.6 Å². The van der Waals surface area contributed by atoms with E-state index in [2.05, 4.69) is 22.8 Å². The number of amides is 2. The first-order valence-corrected chi connectivity index (χ1v) is 8.97. The first kappa shape index (κ1) is 16.2. The van der Waals surface area contributed by atoms with Gasteiger partial charge in [-0.2, -0.15) is 0 Å². The normalized spacial score (nSPS) is 24.9. The molecule has 25 heavy (non-hydrogen) atoms. The van der Waals surface area contributed by atoms with Crippen LogP contribution in [-0.2, 0) is 11.3 Å². The fourth-order valence-electron chi connectivity index (χ4n) is 4.04. The molecule has 0 bridgehead atoms. The van der Waals surface area contributed by atoms with Gasteiger partial charge in [0.15, 0.2) is 0 Å². The molecule has 0 unspecified atom stereocenters. The van der Waals surface area contributed by atoms with Crippen LogP contribution < -0.4 is 15.4 Å². The zero-order valence-corrected chi connectivity index (χ0v) is 14.5. The molecule has 5 heteroatoms. The molecule has 1 aliphatic heterocycles. The third-order valence-electron chi connectivity index (χ3n) is 5.45. The van der Waals surface area contributed by atoms with Crippen LogP contribution in [0.15, 0.2) is 36.4 Å². The Morgan fingerprint density at radius 3 is 3.00 bits per heavy atom. The monoisotopic (exact) mass is 340 g/mol. The number of methoxy groups -OCH3 is 1. The minimum Gasteiger partial charge on any atom is -0.496 e. The van der Waals surface area contributed by atoms with Crippen LogP contribution in [0.25, 0.3) is 10.8 Å². The molecule has 0 aromatic heterocycles. The maximum absolute atomic E-state index is 12.3. The summed E-state index contributed by atoms with van der Waals surface area (Å²) >= 11 is 0. The minimum atomic E-state index is -0.121. The minimum absolute atomic E-state index is 0.121. The molecule has 2 N–H and O–H groups in total. The van der Waals surface area contributed by atoms with Crippen molar-refractivity contribution >= 4 is 16.8 Å². The summed E-state index contributed by atoms with van der Waals surface area (Å²) in [7, 11) is 1.66. The van der Waals surface area contributed by atoms with Gasteiger partial charge in [-0.15, -0.1) is 0 Å². The molecule has 3 atom stereocenters. The summed E-state index contributed by atoms with van der Waals surface area (Å²) in [5, 5.41) is 8.33. The summed E-state index contributed by atoms with van der Waals surface area (Å²) in [6.07, 6.45) is 3.51. The van der Waals surface area contributed by atoms with Crippen molar-refractivity contribution in [1.82, 2.24) is 10.6 Å². The molecule has 1 saturated heterocycles. The van der Waals surface area contributed by atoms with E-state index in [4.69, 9.17) is 9.47 Å². The van der Waals surface area contributed by atoms with E-state index in [1.165, 1.54) is 0 Å². The smallest absolute Gasteiger partial charge is 0.315 e. The second kappa shape index (κ2) is 6.92. The van der Waals surface area contributed by atoms with Gasteiger partial charge >= 0.3 is 6.03 Å². The van der Waals surface area contributed by atoms with Crippen LogP contribution >= 0.6 is 0 Å². The Hall–Kier alpha value is -2.27. The van der Waals surface area contributed by atoms with Gasteiger partial charge in [0.05, 0.1) is 13.2 Å². The number of hydrogen-bond acceptors (Lipinski definition) is 3. The summed E-state index contributed by atoms with van der Waals surface area (Å²) in [6.45, 7) is 1.30. The molecule has 1 heterocycles. The highest BCUT2D eigenvalue weighted by Crippen LogP contribution is 2.37. The Kier molecular flexibility index (Phi) is 4.49. The van der Waals surface area contributed by atoms with Gasteiger partial charge < -0.3 is 20.1 Å². The number of benzene rings is 2. The standard InChI is InChI=1S/C20H24N2O3/c1-24-18-9-8-13-5-2-3-6-14(13)16(18)12-21-20(23)22-17-11-19-15(17)7-4-10-25-19/h2-3,5-6,8-9,15,17,19H,4,7,10-12H2,1H3,(H2,21,22,23)/t15-,17+,19-/m0/s1. The molecular weight excluding hydrogens is 316 g/mol. The largest absolute Gasteiger partial charge is 0.496 e. The van der Waals surface area contributed by atoms with Crippen molar-refractivity contribution in [2.24, 2.45) is 5.92 Å². The third kappa shape index (κ3) is 3.16. The van der Waals surface area contributed by atoms with Crippen molar-refractivity contribution in [3.63, 3.8) is 0 Å². The fraction of sp³-hybridized carbons (Fsp3) is 0.450. The Morgan fingerprint density at radius 2 is 2.16 bits per heavy atom. The van der Waals surface area contributed by atoms with Crippen molar-refractivity contribution in [2.75, 3.05) is 13.7 Å². The second-order valence-electron chi connectivity index (χ2n) is 6.85. The van der Waals surface area contributed by atoms with Gasteiger partial charge in [-0.25, -0.2) is 4.79 Å². The van der Waals surface area contributed by atoms with Gasteiger partial charge in [-0.05, 0) is 36.1 Å². The molecule has 4 rings (SSSR count). The van der Waals surface area contributed by atoms with Gasteiger partial charge in [0, 0.05) is 30.7 Å². The number of nitrogens with one attached hydrogen (secondary N) is 2. The fourth-order valence-corrected chi connectivity index (χ4v) is 4.04. The van der Waals surface area contributed by atoms with Crippen molar-refractivity contribution in [3.8, 4) is 5.75 Å². The lowest BCUT2D eigenvalue weighted by atomic mass is 9.72. The third-order valence-corrected chi connectivity index (χ3v) is 5.45. The van der Waals surface area contributed by atoms with E-state index in [9.17, 15) is 4.79 Å². The maximum Gasteiger partial charge on any atom is 0.315 e. The Morgan fingerprint density at radius 1 is 1.28 bits per heavy atom. The molecule has 132 valence electrons. The van der Waals surface area contributed by atoms with Crippen molar-refractivity contribution in [2.45, 2.75) is 38.0 Å². The van der Waals surface area contributed by atoms with E-state index < -0.39 is 0 Å². The highest BCUT2D eigenvalue weighted by atomic mass is 16.5. The van der Waals surface area contributed by atoms with Gasteiger partial charge in [0.25, 0.3) is 0 Å². The van der Waals surface area contributed by atoms with E-state index >= 15 is 0 Å². The molecule has 1 saturated carbocycles. The molecule has 2 aromatic rings. The topological polar surface area (TPSA) is 59.6 Å². The van der Waals surface area contributed by atoms with Crippen LogP contribution in [0.5, 0.6) is 5.75 Å². The van der Waals surface area contributed by atoms with Crippen LogP contribution in [0, 0.1) is 5.92 Å². The number of carbonyl (C=O) groups is 1. The zero-order valence-electron chi connectivity index (χ0n) is 14.5. The van der Waals surface area contributed by atoms with Crippen LogP contribution in [0.3, 0.4) is 0 Å². The van der Waals surface area contributed by atoms with E-state index in [1.807, 2.05) is 24.3 Å². The molecule has 5 nitrogen and oxygen atoms in total. The summed E-state index contributed by atoms with van der Waals surface area (Å²) in [4.78, 5) is 12.3. The van der Waals surface area contributed by atoms with Gasteiger partial charge in [-0.3, -0.25) is 0 Å². The summed E-state index contributed by atoms with van der Waals surface area (Å²) < 4.78 is 11.2. The molecule has 2 fully saturated rings. The van der Waals surface area contributed by atoms with Crippen molar-refractivity contribution in [1.29, 1.82) is 0 Å². The van der Waals surface area contributed by atoms with Crippen LogP contribution in [0.2, 0.25) is 0 Å². The van der Waals surface area contributed by atoms with Gasteiger partial charge in [0.1, 0.15) is 5.75 Å². The van der Waals surface area contributed by atoms with Gasteiger partial charge in [-0.1, -0.05) is 30.3 Å². The number of carbonyl (C=O) groups excluding carboxylic acids is 1. The Labute approximate surface area is 147 Å². The van der Waals surface area contributed by atoms with E-state index in [1.54, 1.807) is 7.11 Å². The summed E-state index contributed by atoms with van der Waals surface area (Å²) in [5.74, 6) is 1.27. The maximum atomic E-state index is 12.3. The molecule has 2 amide bonds. The Balaban J connectivity index is 1.41. The van der Waals surface area contributed by atoms with E-state index in [-0.39, 0.29) is 12.1 Å². The number of fused-ring (bicyclic) bond motifs is 2. The van der Waals surface area contributed by atoms with Crippen LogP contribution in [0.4, 0.5) is 4.79 Å². The number of urea groups is 1. The predicted octanol–water partition coefficient (Wildman–Crippen LogP) is 3.22. The first-order chi connectivity index (χ1) is 12.3. The first-order valence-electron chi connectivity index (χ1n) is 8.97. The molecule has 2 aliphatic rings. The average molecular weight is 340 g/mol. The van der Waals surface area contributed by atoms with Gasteiger partial charge in [0.2, 0.25) is 0 Å². The highest BCUT2D eigenvalue weighted by Gasteiger charge is 2.43. The lowest BCUT2D eigenvalue weighted by molar-refractivity contribution is -0.0999. The molecular formula is C20H24N2O3. The van der Waals surface area contributed by atoms with E-state index in [0.717, 1.165) is 48.0 Å². The van der Waals surface area contributed by atoms with Crippen LogP contribution in [0.1, 0.15) is 24.8 Å².